The van der Waals surface area contributed by atoms with Crippen molar-refractivity contribution in [3.8, 4) is 0 Å². The maximum Gasteiger partial charge on any atom is -0.0474 e. The Hall–Kier alpha value is 0. The van der Waals surface area contributed by atoms with Crippen LogP contribution >= 0.6 is 0 Å². The van der Waals surface area contributed by atoms with Crippen LogP contribution in [0.25, 0.3) is 0 Å². The molecule has 0 spiro atoms. The number of hydrogen-bond acceptors (Lipinski definition) is 0. The van der Waals surface area contributed by atoms with Gasteiger partial charge in [-0.3, -0.25) is 0 Å². The van der Waals surface area contributed by atoms with Crippen molar-refractivity contribution in [1.29, 1.82) is 0 Å². The molecule has 0 atom stereocenters. The molecule has 0 unspecified atom stereocenters. The first-order valence-corrected chi connectivity index (χ1v) is 7.27. The molecule has 0 aromatic carbocycles. The summed E-state index contributed by atoms with van der Waals surface area (Å²) < 4.78 is 0. The van der Waals surface area contributed by atoms with Gasteiger partial charge in [0.15, 0.2) is 0 Å². The van der Waals surface area contributed by atoms with Gasteiger partial charge in [0.2, 0.25) is 0 Å². The van der Waals surface area contributed by atoms with Crippen LogP contribution in [-0.4, -0.2) is 0 Å². The normalized spacial score (nSPS) is 7.67. The van der Waals surface area contributed by atoms with E-state index in [-0.39, 0.29) is 14.9 Å². The van der Waals surface area contributed by atoms with E-state index in [2.05, 4.69) is 62.3 Å². The first-order valence-electron chi connectivity index (χ1n) is 7.27. The van der Waals surface area contributed by atoms with Gasteiger partial charge in [0, 0.05) is 0 Å². The van der Waals surface area contributed by atoms with Gasteiger partial charge in [0.25, 0.3) is 0 Å². The fraction of sp³-hybridized carbons (Fsp3) is 1.00. The second-order valence-corrected chi connectivity index (χ2v) is 5.34. The SMILES string of the molecule is C.C.CC.CC(C)C.CCC(C)C.CCC(C)C. The minimum atomic E-state index is 0. The summed E-state index contributed by atoms with van der Waals surface area (Å²) in [5, 5.41) is 0. The third kappa shape index (κ3) is 225. The molecule has 0 heterocycles. The number of hydrogen-bond donors (Lipinski definition) is 0. The Morgan fingerprint density at radius 2 is 0.611 bits per heavy atom. The molecule has 0 amide bonds. The molecule has 120 valence electrons. The fourth-order valence-electron chi connectivity index (χ4n) is 0. The van der Waals surface area contributed by atoms with Gasteiger partial charge < -0.3 is 0 Å². The van der Waals surface area contributed by atoms with Gasteiger partial charge in [0.1, 0.15) is 0 Å². The summed E-state index contributed by atoms with van der Waals surface area (Å²) in [6.45, 7) is 23.8. The highest BCUT2D eigenvalue weighted by Crippen LogP contribution is 1.94. The maximum absolute atomic E-state index is 2.22. The second-order valence-electron chi connectivity index (χ2n) is 5.34. The molecule has 0 aromatic rings. The molecular formula is C18H48. The number of rotatable bonds is 2. The second kappa shape index (κ2) is 36.0. The van der Waals surface area contributed by atoms with Crippen molar-refractivity contribution in [3.63, 3.8) is 0 Å². The third-order valence-electron chi connectivity index (χ3n) is 1.63. The molecule has 0 saturated heterocycles. The molecule has 0 nitrogen and oxygen atoms in total. The zero-order valence-corrected chi connectivity index (χ0v) is 14.1. The van der Waals surface area contributed by atoms with Crippen molar-refractivity contribution in [2.45, 2.75) is 104 Å². The van der Waals surface area contributed by atoms with Gasteiger partial charge in [-0.25, -0.2) is 0 Å². The first-order chi connectivity index (χ1) is 7.27. The van der Waals surface area contributed by atoms with E-state index in [1.54, 1.807) is 0 Å². The van der Waals surface area contributed by atoms with Crippen molar-refractivity contribution < 1.29 is 0 Å². The van der Waals surface area contributed by atoms with Crippen molar-refractivity contribution >= 4 is 0 Å². The average Bonchev–Trinajstić information content (AvgIpc) is 2.20. The highest BCUT2D eigenvalue weighted by atomic mass is 13.9. The quantitative estimate of drug-likeness (QED) is 0.473. The van der Waals surface area contributed by atoms with Gasteiger partial charge in [-0.2, -0.15) is 0 Å². The predicted octanol–water partition coefficient (Wildman–Crippen LogP) is 8.07. The van der Waals surface area contributed by atoms with E-state index in [4.69, 9.17) is 0 Å². The molecule has 0 fully saturated rings. The Labute approximate surface area is 122 Å². The Bertz CT molecular complexity index is 59.4. The molecule has 0 aliphatic rings. The van der Waals surface area contributed by atoms with E-state index >= 15 is 0 Å². The molecule has 18 heavy (non-hydrogen) atoms. The molecular weight excluding hydrogens is 216 g/mol. The molecule has 0 aromatic heterocycles. The van der Waals surface area contributed by atoms with Crippen LogP contribution in [0.1, 0.15) is 104 Å². The van der Waals surface area contributed by atoms with Gasteiger partial charge in [-0.05, 0) is 17.8 Å². The Morgan fingerprint density at radius 1 is 0.556 bits per heavy atom. The minimum absolute atomic E-state index is 0. The van der Waals surface area contributed by atoms with Crippen molar-refractivity contribution in [2.24, 2.45) is 17.8 Å². The molecule has 0 heteroatoms. The zero-order valence-electron chi connectivity index (χ0n) is 14.1. The summed E-state index contributed by atoms with van der Waals surface area (Å²) in [5.41, 5.74) is 0. The van der Waals surface area contributed by atoms with Gasteiger partial charge in [-0.15, -0.1) is 0 Å². The molecule has 0 aliphatic heterocycles. The van der Waals surface area contributed by atoms with E-state index in [1.165, 1.54) is 12.8 Å². The maximum atomic E-state index is 2.22. The highest BCUT2D eigenvalue weighted by Gasteiger charge is 1.80. The van der Waals surface area contributed by atoms with E-state index in [0.717, 1.165) is 17.8 Å². The van der Waals surface area contributed by atoms with E-state index in [1.807, 2.05) is 13.8 Å². The van der Waals surface area contributed by atoms with Crippen LogP contribution in [0.4, 0.5) is 0 Å². The van der Waals surface area contributed by atoms with Crippen molar-refractivity contribution in [2.75, 3.05) is 0 Å². The van der Waals surface area contributed by atoms with Crippen LogP contribution in [-0.2, 0) is 0 Å². The third-order valence-corrected chi connectivity index (χ3v) is 1.63. The van der Waals surface area contributed by atoms with Gasteiger partial charge in [-0.1, -0.05) is 104 Å². The summed E-state index contributed by atoms with van der Waals surface area (Å²) in [7, 11) is 0. The van der Waals surface area contributed by atoms with Crippen molar-refractivity contribution in [1.82, 2.24) is 0 Å². The standard InChI is InChI=1S/2C5H12.C4H10.C2H6.2CH4/c2*1-4-5(2)3;1-4(2)3;1-2;;/h2*5H,4H2,1-3H3;4H,1-3H3;1-2H3;2*1H4. The highest BCUT2D eigenvalue weighted by molar-refractivity contribution is 4.33. The first kappa shape index (κ1) is 36.1. The largest absolute Gasteiger partial charge is 0.0776 e. The summed E-state index contributed by atoms with van der Waals surface area (Å²) in [5.74, 6) is 2.60. The van der Waals surface area contributed by atoms with Crippen LogP contribution in [0.2, 0.25) is 0 Å². The van der Waals surface area contributed by atoms with Crippen molar-refractivity contribution in [3.05, 3.63) is 0 Å². The van der Waals surface area contributed by atoms with Gasteiger partial charge in [0.05, 0.1) is 0 Å². The van der Waals surface area contributed by atoms with Crippen LogP contribution in [0.3, 0.4) is 0 Å². The van der Waals surface area contributed by atoms with E-state index < -0.39 is 0 Å². The lowest BCUT2D eigenvalue weighted by Gasteiger charge is -1.90. The Morgan fingerprint density at radius 3 is 0.611 bits per heavy atom. The summed E-state index contributed by atoms with van der Waals surface area (Å²) in [4.78, 5) is 0. The smallest absolute Gasteiger partial charge is 0.0474 e. The zero-order chi connectivity index (χ0) is 14.1. The minimum Gasteiger partial charge on any atom is -0.0776 e. The topological polar surface area (TPSA) is 0 Å². The van der Waals surface area contributed by atoms with Crippen LogP contribution in [0.15, 0.2) is 0 Å². The van der Waals surface area contributed by atoms with E-state index in [0.29, 0.717) is 0 Å². The lowest BCUT2D eigenvalue weighted by atomic mass is 10.2. The lowest BCUT2D eigenvalue weighted by molar-refractivity contribution is 0.626. The monoisotopic (exact) mass is 264 g/mol. The Balaban J connectivity index is -0.0000000268. The van der Waals surface area contributed by atoms with Crippen LogP contribution in [0, 0.1) is 17.8 Å². The van der Waals surface area contributed by atoms with Crippen LogP contribution < -0.4 is 0 Å². The summed E-state index contributed by atoms with van der Waals surface area (Å²) >= 11 is 0. The summed E-state index contributed by atoms with van der Waals surface area (Å²) in [6.07, 6.45) is 2.61. The predicted molar refractivity (Wildman–Crippen MR) is 95.6 cm³/mol. The summed E-state index contributed by atoms with van der Waals surface area (Å²) in [6, 6.07) is 0. The average molecular weight is 265 g/mol. The van der Waals surface area contributed by atoms with E-state index in [9.17, 15) is 0 Å². The molecule has 0 saturated carbocycles. The Kier molecular flexibility index (Phi) is 72.2. The fourth-order valence-corrected chi connectivity index (χ4v) is 0. The van der Waals surface area contributed by atoms with Gasteiger partial charge >= 0.3 is 0 Å². The molecule has 0 N–H and O–H groups in total. The molecule has 0 rings (SSSR count). The molecule has 0 bridgehead atoms. The molecule has 0 radical (unpaired) electrons. The molecule has 0 aliphatic carbocycles. The van der Waals surface area contributed by atoms with Crippen LogP contribution in [0.5, 0.6) is 0 Å². The lowest BCUT2D eigenvalue weighted by Crippen LogP contribution is -1.77.